The molecule has 0 aliphatic heterocycles. The zero-order valence-corrected chi connectivity index (χ0v) is 13.3. The van der Waals surface area contributed by atoms with Crippen LogP contribution >= 0.6 is 23.8 Å². The van der Waals surface area contributed by atoms with Gasteiger partial charge in [0.05, 0.1) is 0 Å². The maximum absolute atomic E-state index is 5.94. The molecule has 0 rings (SSSR count). The second-order valence-electron chi connectivity index (χ2n) is 5.21. The number of hydrogen-bond donors (Lipinski definition) is 2. The highest BCUT2D eigenvalue weighted by Crippen LogP contribution is 2.38. The van der Waals surface area contributed by atoms with Gasteiger partial charge in [0.1, 0.15) is 4.93 Å². The zero-order valence-electron chi connectivity index (χ0n) is 11.6. The van der Waals surface area contributed by atoms with Gasteiger partial charge >= 0.3 is 0 Å². The molecule has 0 saturated carbocycles. The van der Waals surface area contributed by atoms with Gasteiger partial charge in [-0.3, -0.25) is 4.18 Å². The average molecular weight is 281 g/mol. The van der Waals surface area contributed by atoms with Gasteiger partial charge in [-0.15, -0.1) is 11.8 Å². The normalized spacial score (nSPS) is 13.1. The molecule has 0 aliphatic carbocycles. The molecule has 0 saturated heterocycles. The smallest absolute Gasteiger partial charge is 0.122 e. The minimum absolute atomic E-state index is 0.130. The van der Waals surface area contributed by atoms with Gasteiger partial charge in [0.25, 0.3) is 0 Å². The average Bonchev–Trinajstić information content (AvgIpc) is 2.25. The molecule has 4 N–H and O–H groups in total. The molecule has 0 spiro atoms. The number of nitrogens with two attached hydrogens (primary N) is 2. The topological polar surface area (TPSA) is 61.3 Å². The summed E-state index contributed by atoms with van der Waals surface area (Å²) in [4.78, 5) is -0.153. The first-order valence-corrected chi connectivity index (χ1v) is 7.96. The van der Waals surface area contributed by atoms with Crippen molar-refractivity contribution < 1.29 is 4.18 Å². The van der Waals surface area contributed by atoms with E-state index < -0.39 is 0 Å². The van der Waals surface area contributed by atoms with Crippen LogP contribution in [0.5, 0.6) is 0 Å². The van der Waals surface area contributed by atoms with Crippen LogP contribution in [0.25, 0.3) is 0 Å². The van der Waals surface area contributed by atoms with Crippen molar-refractivity contribution in [3.8, 4) is 0 Å². The summed E-state index contributed by atoms with van der Waals surface area (Å²) in [7, 11) is 0. The van der Waals surface area contributed by atoms with E-state index in [-0.39, 0.29) is 9.68 Å². The molecule has 0 radical (unpaired) electrons. The zero-order chi connectivity index (χ0) is 13.4. The van der Waals surface area contributed by atoms with Gasteiger partial charge in [-0.1, -0.05) is 0 Å². The van der Waals surface area contributed by atoms with E-state index >= 15 is 0 Å². The molecule has 0 heterocycles. The molecule has 17 heavy (non-hydrogen) atoms. The first-order valence-electron chi connectivity index (χ1n) is 6.24. The van der Waals surface area contributed by atoms with Crippen LogP contribution in [0.2, 0.25) is 0 Å². The largest absolute Gasteiger partial charge is 0.330 e. The molecule has 0 aliphatic rings. The Bertz CT molecular complexity index is 199. The second kappa shape index (κ2) is 8.64. The van der Waals surface area contributed by atoms with Crippen molar-refractivity contribution in [2.24, 2.45) is 11.5 Å². The minimum Gasteiger partial charge on any atom is -0.330 e. The SMILES string of the molecule is CC(C)(CCCN)SOC(C)(C)SCCCN. The molecule has 104 valence electrons. The monoisotopic (exact) mass is 280 g/mol. The van der Waals surface area contributed by atoms with E-state index in [1.165, 1.54) is 0 Å². The molecule has 0 aromatic carbocycles. The standard InChI is InChI=1S/C12H28N2OS2/c1-11(2,7-5-8-13)17-15-12(3,4)16-10-6-9-14/h5-10,13-14H2,1-4H3. The highest BCUT2D eigenvalue weighted by Gasteiger charge is 2.26. The van der Waals surface area contributed by atoms with Crippen molar-refractivity contribution in [2.45, 2.75) is 56.6 Å². The lowest BCUT2D eigenvalue weighted by molar-refractivity contribution is 0.243. The number of hydrogen-bond acceptors (Lipinski definition) is 5. The minimum atomic E-state index is -0.153. The third-order valence-corrected chi connectivity index (χ3v) is 4.78. The van der Waals surface area contributed by atoms with Gasteiger partial charge in [-0.25, -0.2) is 0 Å². The van der Waals surface area contributed by atoms with Crippen LogP contribution in [0.4, 0.5) is 0 Å². The van der Waals surface area contributed by atoms with Crippen LogP contribution in [0.1, 0.15) is 47.0 Å². The van der Waals surface area contributed by atoms with E-state index in [4.69, 9.17) is 15.7 Å². The first kappa shape index (κ1) is 17.6. The lowest BCUT2D eigenvalue weighted by Gasteiger charge is -2.30. The Morgan fingerprint density at radius 1 is 1.00 bits per heavy atom. The molecule has 0 aromatic heterocycles. The maximum atomic E-state index is 5.94. The molecule has 0 amide bonds. The van der Waals surface area contributed by atoms with E-state index in [0.29, 0.717) is 0 Å². The van der Waals surface area contributed by atoms with E-state index in [9.17, 15) is 0 Å². The molecule has 0 fully saturated rings. The van der Waals surface area contributed by atoms with Crippen molar-refractivity contribution in [1.29, 1.82) is 0 Å². The van der Waals surface area contributed by atoms with Crippen LogP contribution < -0.4 is 11.5 Å². The Hall–Kier alpha value is 0.580. The fourth-order valence-electron chi connectivity index (χ4n) is 1.21. The quantitative estimate of drug-likeness (QED) is 0.366. The molecule has 0 bridgehead atoms. The Balaban J connectivity index is 3.89. The van der Waals surface area contributed by atoms with Gasteiger partial charge in [-0.2, -0.15) is 0 Å². The second-order valence-corrected chi connectivity index (χ2v) is 8.33. The number of rotatable bonds is 10. The Kier molecular flexibility index (Phi) is 8.94. The van der Waals surface area contributed by atoms with E-state index in [2.05, 4.69) is 27.7 Å². The molecule has 5 heteroatoms. The summed E-state index contributed by atoms with van der Waals surface area (Å²) < 4.78 is 6.07. The summed E-state index contributed by atoms with van der Waals surface area (Å²) in [6, 6.07) is 0. The Morgan fingerprint density at radius 3 is 2.12 bits per heavy atom. The maximum Gasteiger partial charge on any atom is 0.122 e. The number of thioether (sulfide) groups is 1. The predicted molar refractivity (Wildman–Crippen MR) is 81.3 cm³/mol. The summed E-state index contributed by atoms with van der Waals surface area (Å²) in [5.41, 5.74) is 11.0. The van der Waals surface area contributed by atoms with Crippen molar-refractivity contribution in [3.63, 3.8) is 0 Å². The molecular formula is C12H28N2OS2. The molecule has 0 unspecified atom stereocenters. The van der Waals surface area contributed by atoms with E-state index in [1.807, 2.05) is 11.8 Å². The molecule has 0 aromatic rings. The fourth-order valence-corrected chi connectivity index (χ4v) is 2.96. The van der Waals surface area contributed by atoms with Gasteiger partial charge in [0.15, 0.2) is 0 Å². The van der Waals surface area contributed by atoms with Gasteiger partial charge < -0.3 is 11.5 Å². The lowest BCUT2D eigenvalue weighted by atomic mass is 10.1. The summed E-state index contributed by atoms with van der Waals surface area (Å²) in [6.45, 7) is 10.1. The highest BCUT2D eigenvalue weighted by molar-refractivity contribution is 8.01. The Labute approximate surface area is 115 Å². The fraction of sp³-hybridized carbons (Fsp3) is 1.00. The summed E-state index contributed by atoms with van der Waals surface area (Å²) in [5, 5.41) is 0. The predicted octanol–water partition coefficient (Wildman–Crippen LogP) is 2.99. The third kappa shape index (κ3) is 10.2. The molecule has 3 nitrogen and oxygen atoms in total. The Morgan fingerprint density at radius 2 is 1.59 bits per heavy atom. The summed E-state index contributed by atoms with van der Waals surface area (Å²) in [5.74, 6) is 1.05. The van der Waals surface area contributed by atoms with E-state index in [1.54, 1.807) is 12.0 Å². The van der Waals surface area contributed by atoms with Crippen molar-refractivity contribution in [3.05, 3.63) is 0 Å². The van der Waals surface area contributed by atoms with Crippen LogP contribution in [-0.2, 0) is 4.18 Å². The molecular weight excluding hydrogens is 252 g/mol. The summed E-state index contributed by atoms with van der Waals surface area (Å²) in [6.07, 6.45) is 3.17. The van der Waals surface area contributed by atoms with Gasteiger partial charge in [0, 0.05) is 4.75 Å². The van der Waals surface area contributed by atoms with Crippen molar-refractivity contribution in [1.82, 2.24) is 0 Å². The lowest BCUT2D eigenvalue weighted by Crippen LogP contribution is -2.23. The third-order valence-electron chi connectivity index (χ3n) is 2.25. The first-order chi connectivity index (χ1) is 7.83. The van der Waals surface area contributed by atoms with E-state index in [0.717, 1.165) is 38.1 Å². The molecule has 0 atom stereocenters. The van der Waals surface area contributed by atoms with Crippen molar-refractivity contribution >= 4 is 23.8 Å². The van der Waals surface area contributed by atoms with Gasteiger partial charge in [-0.05, 0) is 77.8 Å². The van der Waals surface area contributed by atoms with Crippen LogP contribution in [0.15, 0.2) is 0 Å². The van der Waals surface area contributed by atoms with Crippen LogP contribution in [-0.4, -0.2) is 28.5 Å². The van der Waals surface area contributed by atoms with Gasteiger partial charge in [0.2, 0.25) is 0 Å². The van der Waals surface area contributed by atoms with Crippen LogP contribution in [0, 0.1) is 0 Å². The highest BCUT2D eigenvalue weighted by atomic mass is 32.2. The van der Waals surface area contributed by atoms with Crippen molar-refractivity contribution in [2.75, 3.05) is 18.8 Å². The summed E-state index contributed by atoms with van der Waals surface area (Å²) >= 11 is 3.40. The van der Waals surface area contributed by atoms with Crippen LogP contribution in [0.3, 0.4) is 0 Å².